The van der Waals surface area contributed by atoms with Gasteiger partial charge in [0.1, 0.15) is 5.69 Å². The SMILES string of the molecule is CC1(C)CN(C(=O)c2cn3cc(Cl)cnc3n2)CC[C@]1(C)O. The number of aromatic nitrogens is 3. The van der Waals surface area contributed by atoms with E-state index < -0.39 is 5.60 Å². The second kappa shape index (κ2) is 4.93. The first kappa shape index (κ1) is 15.2. The van der Waals surface area contributed by atoms with Crippen molar-refractivity contribution in [3.05, 3.63) is 29.3 Å². The van der Waals surface area contributed by atoms with Gasteiger partial charge in [-0.3, -0.25) is 9.20 Å². The van der Waals surface area contributed by atoms with E-state index in [1.165, 1.54) is 6.20 Å². The van der Waals surface area contributed by atoms with Crippen LogP contribution in [0.5, 0.6) is 0 Å². The standard InChI is InChI=1S/C15H19ClN4O2/c1-14(2)9-19(5-4-15(14,3)22)12(21)11-8-20-7-10(16)6-17-13(20)18-11/h6-8,22H,4-5,9H2,1-3H3/t15-/m0/s1. The van der Waals surface area contributed by atoms with Crippen molar-refractivity contribution in [3.63, 3.8) is 0 Å². The highest BCUT2D eigenvalue weighted by molar-refractivity contribution is 6.30. The largest absolute Gasteiger partial charge is 0.389 e. The molecule has 0 aliphatic carbocycles. The maximum Gasteiger partial charge on any atom is 0.274 e. The molecule has 22 heavy (non-hydrogen) atoms. The van der Waals surface area contributed by atoms with Gasteiger partial charge in [0.15, 0.2) is 0 Å². The van der Waals surface area contributed by atoms with Crippen molar-refractivity contribution in [2.45, 2.75) is 32.8 Å². The van der Waals surface area contributed by atoms with E-state index in [0.29, 0.717) is 36.0 Å². The van der Waals surface area contributed by atoms with Crippen LogP contribution in [-0.2, 0) is 0 Å². The molecule has 1 atom stereocenters. The van der Waals surface area contributed by atoms with E-state index in [-0.39, 0.29) is 11.3 Å². The van der Waals surface area contributed by atoms with Crippen LogP contribution in [0.1, 0.15) is 37.7 Å². The fourth-order valence-corrected chi connectivity index (χ4v) is 2.87. The second-order valence-electron chi connectivity index (χ2n) is 6.74. The number of amides is 1. The summed E-state index contributed by atoms with van der Waals surface area (Å²) >= 11 is 5.89. The van der Waals surface area contributed by atoms with Gasteiger partial charge in [-0.2, -0.15) is 0 Å². The molecule has 6 nitrogen and oxygen atoms in total. The maximum absolute atomic E-state index is 12.7. The Labute approximate surface area is 133 Å². The molecule has 1 aliphatic heterocycles. The van der Waals surface area contributed by atoms with Crippen molar-refractivity contribution in [2.24, 2.45) is 5.41 Å². The number of nitrogens with zero attached hydrogens (tertiary/aromatic N) is 4. The Morgan fingerprint density at radius 1 is 1.36 bits per heavy atom. The molecule has 2 aromatic rings. The molecule has 0 aromatic carbocycles. The van der Waals surface area contributed by atoms with Crippen LogP contribution in [0.2, 0.25) is 5.02 Å². The lowest BCUT2D eigenvalue weighted by Gasteiger charge is -2.48. The highest BCUT2D eigenvalue weighted by atomic mass is 35.5. The van der Waals surface area contributed by atoms with Crippen LogP contribution in [0, 0.1) is 5.41 Å². The molecule has 7 heteroatoms. The number of likely N-dealkylation sites (tertiary alicyclic amines) is 1. The third kappa shape index (κ3) is 2.46. The van der Waals surface area contributed by atoms with E-state index in [1.807, 2.05) is 20.8 Å². The summed E-state index contributed by atoms with van der Waals surface area (Å²) in [6.45, 7) is 6.76. The van der Waals surface area contributed by atoms with E-state index >= 15 is 0 Å². The molecule has 3 rings (SSSR count). The topological polar surface area (TPSA) is 70.7 Å². The highest BCUT2D eigenvalue weighted by Gasteiger charge is 2.45. The van der Waals surface area contributed by atoms with Gasteiger partial charge in [0.2, 0.25) is 5.78 Å². The van der Waals surface area contributed by atoms with Gasteiger partial charge in [-0.25, -0.2) is 9.97 Å². The first-order valence-electron chi connectivity index (χ1n) is 7.21. The molecule has 0 unspecified atom stereocenters. The molecular formula is C15H19ClN4O2. The van der Waals surface area contributed by atoms with Gasteiger partial charge in [-0.1, -0.05) is 25.4 Å². The second-order valence-corrected chi connectivity index (χ2v) is 7.18. The van der Waals surface area contributed by atoms with Gasteiger partial charge in [0.25, 0.3) is 5.91 Å². The molecule has 1 fully saturated rings. The summed E-state index contributed by atoms with van der Waals surface area (Å²) < 4.78 is 1.64. The predicted octanol–water partition coefficient (Wildman–Crippen LogP) is 2.01. The summed E-state index contributed by atoms with van der Waals surface area (Å²) in [4.78, 5) is 22.7. The summed E-state index contributed by atoms with van der Waals surface area (Å²) in [7, 11) is 0. The average molecular weight is 323 g/mol. The monoisotopic (exact) mass is 322 g/mol. The van der Waals surface area contributed by atoms with E-state index in [0.717, 1.165) is 0 Å². The Hall–Kier alpha value is -1.66. The Morgan fingerprint density at radius 3 is 2.77 bits per heavy atom. The molecule has 1 aliphatic rings. The van der Waals surface area contributed by atoms with E-state index in [1.54, 1.807) is 21.7 Å². The zero-order chi connectivity index (χ0) is 16.1. The van der Waals surface area contributed by atoms with Crippen molar-refractivity contribution >= 4 is 23.3 Å². The zero-order valence-corrected chi connectivity index (χ0v) is 13.6. The van der Waals surface area contributed by atoms with Gasteiger partial charge in [-0.05, 0) is 13.3 Å². The smallest absolute Gasteiger partial charge is 0.274 e. The average Bonchev–Trinajstić information content (AvgIpc) is 2.84. The quantitative estimate of drug-likeness (QED) is 0.872. The van der Waals surface area contributed by atoms with Crippen LogP contribution in [0.15, 0.2) is 18.6 Å². The van der Waals surface area contributed by atoms with Crippen molar-refractivity contribution < 1.29 is 9.90 Å². The number of hydrogen-bond donors (Lipinski definition) is 1. The Morgan fingerprint density at radius 2 is 2.09 bits per heavy atom. The van der Waals surface area contributed by atoms with Crippen LogP contribution in [0.3, 0.4) is 0 Å². The lowest BCUT2D eigenvalue weighted by Crippen LogP contribution is -2.57. The molecule has 1 amide bonds. The number of carbonyl (C=O) groups excluding carboxylic acids is 1. The zero-order valence-electron chi connectivity index (χ0n) is 12.9. The predicted molar refractivity (Wildman–Crippen MR) is 82.9 cm³/mol. The number of aliphatic hydroxyl groups is 1. The fraction of sp³-hybridized carbons (Fsp3) is 0.533. The number of fused-ring (bicyclic) bond motifs is 1. The van der Waals surface area contributed by atoms with E-state index in [9.17, 15) is 9.90 Å². The Kier molecular flexibility index (Phi) is 3.41. The molecule has 0 spiro atoms. The van der Waals surface area contributed by atoms with Crippen LogP contribution >= 0.6 is 11.6 Å². The molecule has 0 radical (unpaired) electrons. The number of carbonyl (C=O) groups is 1. The highest BCUT2D eigenvalue weighted by Crippen LogP contribution is 2.38. The van der Waals surface area contributed by atoms with E-state index in [4.69, 9.17) is 11.6 Å². The molecule has 2 aromatic heterocycles. The Bertz CT molecular complexity index is 738. The number of hydrogen-bond acceptors (Lipinski definition) is 4. The molecule has 3 heterocycles. The first-order chi connectivity index (χ1) is 10.2. The lowest BCUT2D eigenvalue weighted by molar-refractivity contribution is -0.0971. The number of imidazole rings is 1. The summed E-state index contributed by atoms with van der Waals surface area (Å²) in [5.41, 5.74) is -0.813. The first-order valence-corrected chi connectivity index (χ1v) is 7.59. The van der Waals surface area contributed by atoms with Crippen LogP contribution in [0.25, 0.3) is 5.78 Å². The molecule has 1 N–H and O–H groups in total. The van der Waals surface area contributed by atoms with Crippen LogP contribution in [-0.4, -0.2) is 49.0 Å². The van der Waals surface area contributed by atoms with Crippen molar-refractivity contribution in [3.8, 4) is 0 Å². The molecular weight excluding hydrogens is 304 g/mol. The summed E-state index contributed by atoms with van der Waals surface area (Å²) in [5.74, 6) is 0.293. The van der Waals surface area contributed by atoms with E-state index in [2.05, 4.69) is 9.97 Å². The molecule has 0 saturated carbocycles. The van der Waals surface area contributed by atoms with Gasteiger partial charge in [0, 0.05) is 30.9 Å². The Balaban J connectivity index is 1.87. The third-order valence-corrected chi connectivity index (χ3v) is 4.89. The normalized spacial score (nSPS) is 24.7. The van der Waals surface area contributed by atoms with Crippen LogP contribution in [0.4, 0.5) is 0 Å². The van der Waals surface area contributed by atoms with Crippen molar-refractivity contribution in [2.75, 3.05) is 13.1 Å². The summed E-state index contributed by atoms with van der Waals surface area (Å²) in [5, 5.41) is 10.9. The number of rotatable bonds is 1. The lowest BCUT2D eigenvalue weighted by atomic mass is 9.71. The molecule has 0 bridgehead atoms. The minimum atomic E-state index is -0.780. The van der Waals surface area contributed by atoms with Crippen molar-refractivity contribution in [1.29, 1.82) is 0 Å². The number of piperidine rings is 1. The maximum atomic E-state index is 12.7. The van der Waals surface area contributed by atoms with Gasteiger partial charge >= 0.3 is 0 Å². The number of halogens is 1. The molecule has 118 valence electrons. The minimum absolute atomic E-state index is 0.148. The third-order valence-electron chi connectivity index (χ3n) is 4.70. The fourth-order valence-electron chi connectivity index (χ4n) is 2.72. The van der Waals surface area contributed by atoms with Gasteiger partial charge in [0.05, 0.1) is 16.8 Å². The summed E-state index contributed by atoms with van der Waals surface area (Å²) in [6, 6.07) is 0. The molecule has 1 saturated heterocycles. The van der Waals surface area contributed by atoms with Gasteiger partial charge in [-0.15, -0.1) is 0 Å². The minimum Gasteiger partial charge on any atom is -0.389 e. The van der Waals surface area contributed by atoms with Crippen molar-refractivity contribution in [1.82, 2.24) is 19.3 Å². The van der Waals surface area contributed by atoms with Gasteiger partial charge < -0.3 is 10.0 Å². The van der Waals surface area contributed by atoms with Crippen LogP contribution < -0.4 is 0 Å². The summed E-state index contributed by atoms with van der Waals surface area (Å²) in [6.07, 6.45) is 5.34.